The zero-order chi connectivity index (χ0) is 13.8. The van der Waals surface area contributed by atoms with Crippen LogP contribution >= 0.6 is 0 Å². The van der Waals surface area contributed by atoms with Crippen molar-refractivity contribution in [3.8, 4) is 5.75 Å². The minimum atomic E-state index is -0.746. The van der Waals surface area contributed by atoms with Crippen LogP contribution in [0, 0.1) is 11.6 Å². The SMILES string of the molecule is CC(O)c1ccc(F)cc1OCc1ccc(F)cc1. The third-order valence-corrected chi connectivity index (χ3v) is 2.73. The van der Waals surface area contributed by atoms with Crippen LogP contribution in [0.2, 0.25) is 0 Å². The van der Waals surface area contributed by atoms with Gasteiger partial charge in [-0.3, -0.25) is 0 Å². The Morgan fingerprint density at radius 1 is 1.05 bits per heavy atom. The van der Waals surface area contributed by atoms with Crippen molar-refractivity contribution in [2.45, 2.75) is 19.6 Å². The third-order valence-electron chi connectivity index (χ3n) is 2.73. The Kier molecular flexibility index (Phi) is 4.12. The van der Waals surface area contributed by atoms with Crippen molar-refractivity contribution in [2.75, 3.05) is 0 Å². The van der Waals surface area contributed by atoms with Gasteiger partial charge in [-0.1, -0.05) is 12.1 Å². The molecule has 0 bridgehead atoms. The summed E-state index contributed by atoms with van der Waals surface area (Å²) < 4.78 is 31.4. The van der Waals surface area contributed by atoms with E-state index in [0.717, 1.165) is 5.56 Å². The molecule has 0 aliphatic carbocycles. The van der Waals surface area contributed by atoms with Gasteiger partial charge in [0.2, 0.25) is 0 Å². The Morgan fingerprint density at radius 2 is 1.68 bits per heavy atom. The van der Waals surface area contributed by atoms with Gasteiger partial charge in [0.1, 0.15) is 24.0 Å². The van der Waals surface area contributed by atoms with Gasteiger partial charge in [-0.2, -0.15) is 0 Å². The second kappa shape index (κ2) is 5.80. The fourth-order valence-electron chi connectivity index (χ4n) is 1.72. The van der Waals surface area contributed by atoms with E-state index in [-0.39, 0.29) is 12.4 Å². The molecule has 0 saturated carbocycles. The second-order valence-electron chi connectivity index (χ2n) is 4.27. The zero-order valence-corrected chi connectivity index (χ0v) is 10.4. The third kappa shape index (κ3) is 3.51. The van der Waals surface area contributed by atoms with Gasteiger partial charge in [0, 0.05) is 11.6 Å². The number of aliphatic hydroxyl groups is 1. The number of ether oxygens (including phenoxy) is 1. The minimum Gasteiger partial charge on any atom is -0.488 e. The Bertz CT molecular complexity index is 551. The smallest absolute Gasteiger partial charge is 0.128 e. The summed E-state index contributed by atoms with van der Waals surface area (Å²) in [5.41, 5.74) is 1.28. The van der Waals surface area contributed by atoms with E-state index in [1.807, 2.05) is 0 Å². The summed E-state index contributed by atoms with van der Waals surface area (Å²) in [6.07, 6.45) is -0.746. The number of halogens is 2. The van der Waals surface area contributed by atoms with Crippen molar-refractivity contribution in [1.29, 1.82) is 0 Å². The van der Waals surface area contributed by atoms with E-state index in [0.29, 0.717) is 11.3 Å². The summed E-state index contributed by atoms with van der Waals surface area (Å²) in [5, 5.41) is 9.58. The van der Waals surface area contributed by atoms with Gasteiger partial charge >= 0.3 is 0 Å². The number of hydrogen-bond acceptors (Lipinski definition) is 2. The first-order valence-corrected chi connectivity index (χ1v) is 5.91. The Balaban J connectivity index is 2.14. The Hall–Kier alpha value is -1.94. The molecule has 2 aromatic rings. The molecule has 100 valence electrons. The van der Waals surface area contributed by atoms with Crippen LogP contribution in [-0.4, -0.2) is 5.11 Å². The van der Waals surface area contributed by atoms with Gasteiger partial charge in [-0.25, -0.2) is 8.78 Å². The molecule has 0 fully saturated rings. The first-order valence-electron chi connectivity index (χ1n) is 5.91. The molecule has 2 aromatic carbocycles. The second-order valence-corrected chi connectivity index (χ2v) is 4.27. The van der Waals surface area contributed by atoms with Crippen LogP contribution in [0.25, 0.3) is 0 Å². The lowest BCUT2D eigenvalue weighted by atomic mass is 10.1. The maximum Gasteiger partial charge on any atom is 0.128 e. The molecule has 1 atom stereocenters. The van der Waals surface area contributed by atoms with Crippen LogP contribution in [-0.2, 0) is 6.61 Å². The number of benzene rings is 2. The highest BCUT2D eigenvalue weighted by Gasteiger charge is 2.10. The van der Waals surface area contributed by atoms with E-state index in [1.165, 1.54) is 30.3 Å². The van der Waals surface area contributed by atoms with Crippen molar-refractivity contribution in [2.24, 2.45) is 0 Å². The van der Waals surface area contributed by atoms with Crippen LogP contribution in [0.15, 0.2) is 42.5 Å². The molecule has 1 unspecified atom stereocenters. The normalized spacial score (nSPS) is 12.2. The zero-order valence-electron chi connectivity index (χ0n) is 10.4. The number of hydrogen-bond donors (Lipinski definition) is 1. The molecular weight excluding hydrogens is 250 g/mol. The van der Waals surface area contributed by atoms with E-state index in [9.17, 15) is 13.9 Å². The predicted octanol–water partition coefficient (Wildman–Crippen LogP) is 3.60. The molecular formula is C15H14F2O2. The average Bonchev–Trinajstić information content (AvgIpc) is 2.38. The monoisotopic (exact) mass is 264 g/mol. The summed E-state index contributed by atoms with van der Waals surface area (Å²) in [6, 6.07) is 9.84. The predicted molar refractivity (Wildman–Crippen MR) is 67.8 cm³/mol. The summed E-state index contributed by atoms with van der Waals surface area (Å²) in [6.45, 7) is 1.77. The van der Waals surface area contributed by atoms with Crippen molar-refractivity contribution in [1.82, 2.24) is 0 Å². The van der Waals surface area contributed by atoms with E-state index in [4.69, 9.17) is 4.74 Å². The van der Waals surface area contributed by atoms with Crippen LogP contribution in [0.5, 0.6) is 5.75 Å². The van der Waals surface area contributed by atoms with Crippen molar-refractivity contribution >= 4 is 0 Å². The molecule has 0 spiro atoms. The minimum absolute atomic E-state index is 0.184. The number of rotatable bonds is 4. The standard InChI is InChI=1S/C15H14F2O2/c1-10(18)14-7-6-13(17)8-15(14)19-9-11-2-4-12(16)5-3-11/h2-8,10,18H,9H2,1H3. The average molecular weight is 264 g/mol. The highest BCUT2D eigenvalue weighted by Crippen LogP contribution is 2.26. The molecule has 0 aromatic heterocycles. The van der Waals surface area contributed by atoms with Crippen LogP contribution in [0.1, 0.15) is 24.2 Å². The fourth-order valence-corrected chi connectivity index (χ4v) is 1.72. The van der Waals surface area contributed by atoms with Gasteiger partial charge in [0.15, 0.2) is 0 Å². The highest BCUT2D eigenvalue weighted by molar-refractivity contribution is 5.35. The molecule has 0 amide bonds. The molecule has 0 saturated heterocycles. The van der Waals surface area contributed by atoms with Gasteiger partial charge < -0.3 is 9.84 Å². The largest absolute Gasteiger partial charge is 0.488 e. The van der Waals surface area contributed by atoms with E-state index >= 15 is 0 Å². The molecule has 2 rings (SSSR count). The van der Waals surface area contributed by atoms with Crippen molar-refractivity contribution < 1.29 is 18.6 Å². The van der Waals surface area contributed by atoms with Gasteiger partial charge in [-0.05, 0) is 36.8 Å². The molecule has 2 nitrogen and oxygen atoms in total. The topological polar surface area (TPSA) is 29.5 Å². The molecule has 19 heavy (non-hydrogen) atoms. The maximum atomic E-state index is 13.2. The summed E-state index contributed by atoms with van der Waals surface area (Å²) in [7, 11) is 0. The molecule has 0 aliphatic heterocycles. The molecule has 4 heteroatoms. The lowest BCUT2D eigenvalue weighted by molar-refractivity contribution is 0.190. The van der Waals surface area contributed by atoms with Gasteiger partial charge in [-0.15, -0.1) is 0 Å². The first kappa shape index (κ1) is 13.5. The molecule has 1 N–H and O–H groups in total. The van der Waals surface area contributed by atoms with Crippen molar-refractivity contribution in [3.05, 3.63) is 65.2 Å². The lowest BCUT2D eigenvalue weighted by Gasteiger charge is -2.13. The Morgan fingerprint density at radius 3 is 2.32 bits per heavy atom. The summed E-state index contributed by atoms with van der Waals surface area (Å²) in [4.78, 5) is 0. The quantitative estimate of drug-likeness (QED) is 0.914. The van der Waals surface area contributed by atoms with Gasteiger partial charge in [0.25, 0.3) is 0 Å². The summed E-state index contributed by atoms with van der Waals surface area (Å²) in [5.74, 6) is -0.461. The highest BCUT2D eigenvalue weighted by atomic mass is 19.1. The molecule has 0 radical (unpaired) electrons. The maximum absolute atomic E-state index is 13.2. The van der Waals surface area contributed by atoms with E-state index < -0.39 is 11.9 Å². The van der Waals surface area contributed by atoms with Crippen molar-refractivity contribution in [3.63, 3.8) is 0 Å². The van der Waals surface area contributed by atoms with Crippen LogP contribution in [0.3, 0.4) is 0 Å². The molecule has 0 aliphatic rings. The summed E-state index contributed by atoms with van der Waals surface area (Å²) >= 11 is 0. The fraction of sp³-hybridized carbons (Fsp3) is 0.200. The first-order chi connectivity index (χ1) is 9.06. The van der Waals surface area contributed by atoms with Gasteiger partial charge in [0.05, 0.1) is 6.10 Å². The van der Waals surface area contributed by atoms with E-state index in [2.05, 4.69) is 0 Å². The number of aliphatic hydroxyl groups excluding tert-OH is 1. The van der Waals surface area contributed by atoms with Crippen LogP contribution in [0.4, 0.5) is 8.78 Å². The Labute approximate surface area is 110 Å². The van der Waals surface area contributed by atoms with Crippen LogP contribution < -0.4 is 4.74 Å². The van der Waals surface area contributed by atoms with E-state index in [1.54, 1.807) is 19.1 Å². The molecule has 0 heterocycles. The lowest BCUT2D eigenvalue weighted by Crippen LogP contribution is -2.01.